The molecule has 0 saturated carbocycles. The van der Waals surface area contributed by atoms with Gasteiger partial charge in [-0.1, -0.05) is 24.6 Å². The number of rotatable bonds is 9. The smallest absolute Gasteiger partial charge is 0.389 e. The number of ether oxygens (including phenoxy) is 1. The maximum absolute atomic E-state index is 12.2. The van der Waals surface area contributed by atoms with Crippen LogP contribution in [0, 0.1) is 5.92 Å². The Hall–Kier alpha value is -2.02. The van der Waals surface area contributed by atoms with E-state index in [1.165, 1.54) is 11.1 Å². The Bertz CT molecular complexity index is 770. The summed E-state index contributed by atoms with van der Waals surface area (Å²) < 4.78 is 42.1. The standard InChI is InChI=1S/C23H31F3N2O2/c1-3-16(2)27-22(29)20-14-28(15-20)13-17-5-6-19-12-21(8-7-18(19)11-17)30-10-4-9-23(24,25)26/h7-8,11-12,16,20H,3-6,9-10,13-15H2,1-2H3,(H,27,29). The molecule has 1 aromatic carbocycles. The summed E-state index contributed by atoms with van der Waals surface area (Å²) in [6.45, 7) is 6.64. The molecule has 1 amide bonds. The second kappa shape index (κ2) is 9.86. The monoisotopic (exact) mass is 424 g/mol. The lowest BCUT2D eigenvalue weighted by molar-refractivity contribution is -0.136. The third-order valence-corrected chi connectivity index (χ3v) is 5.82. The first-order valence-corrected chi connectivity index (χ1v) is 10.8. The van der Waals surface area contributed by atoms with E-state index in [0.29, 0.717) is 5.75 Å². The van der Waals surface area contributed by atoms with Gasteiger partial charge >= 0.3 is 6.18 Å². The van der Waals surface area contributed by atoms with E-state index < -0.39 is 12.6 Å². The zero-order valence-electron chi connectivity index (χ0n) is 17.7. The van der Waals surface area contributed by atoms with Gasteiger partial charge in [-0.2, -0.15) is 13.2 Å². The molecule has 1 aliphatic carbocycles. The molecule has 1 aromatic rings. The third kappa shape index (κ3) is 6.49. The number of amides is 1. The number of alkyl halides is 3. The summed E-state index contributed by atoms with van der Waals surface area (Å²) >= 11 is 0. The normalized spacial score (nSPS) is 18.2. The van der Waals surface area contributed by atoms with E-state index in [2.05, 4.69) is 23.2 Å². The van der Waals surface area contributed by atoms with Crippen molar-refractivity contribution in [3.8, 4) is 5.75 Å². The van der Waals surface area contributed by atoms with Gasteiger partial charge in [-0.25, -0.2) is 0 Å². The fourth-order valence-corrected chi connectivity index (χ4v) is 3.82. The number of hydrogen-bond acceptors (Lipinski definition) is 3. The Kier molecular flexibility index (Phi) is 7.45. The average Bonchev–Trinajstić information content (AvgIpc) is 2.66. The summed E-state index contributed by atoms with van der Waals surface area (Å²) in [6.07, 6.45) is -0.00278. The molecule has 1 aliphatic heterocycles. The van der Waals surface area contributed by atoms with Crippen LogP contribution in [0.5, 0.6) is 5.75 Å². The van der Waals surface area contributed by atoms with Gasteiger partial charge in [0.25, 0.3) is 0 Å². The highest BCUT2D eigenvalue weighted by Gasteiger charge is 2.33. The molecular formula is C23H31F3N2O2. The summed E-state index contributed by atoms with van der Waals surface area (Å²) in [6, 6.07) is 5.97. The molecule has 0 aromatic heterocycles. The molecule has 2 aliphatic rings. The number of carbonyl (C=O) groups excluding carboxylic acids is 1. The van der Waals surface area contributed by atoms with Crippen molar-refractivity contribution in [1.82, 2.24) is 10.2 Å². The van der Waals surface area contributed by atoms with E-state index in [1.807, 2.05) is 25.1 Å². The van der Waals surface area contributed by atoms with Crippen molar-refractivity contribution >= 4 is 12.0 Å². The predicted molar refractivity (Wildman–Crippen MR) is 111 cm³/mol. The van der Waals surface area contributed by atoms with Gasteiger partial charge in [0.2, 0.25) is 5.91 Å². The molecule has 0 radical (unpaired) electrons. The highest BCUT2D eigenvalue weighted by atomic mass is 19.4. The SMILES string of the molecule is CCC(C)NC(=O)C1CN(CC2=Cc3ccc(OCCCC(F)(F)F)cc3CC2)C1. The summed E-state index contributed by atoms with van der Waals surface area (Å²) in [7, 11) is 0. The Morgan fingerprint density at radius 1 is 1.30 bits per heavy atom. The maximum atomic E-state index is 12.2. The Morgan fingerprint density at radius 2 is 2.07 bits per heavy atom. The maximum Gasteiger partial charge on any atom is 0.389 e. The fraction of sp³-hybridized carbons (Fsp3) is 0.609. The zero-order chi connectivity index (χ0) is 21.7. The van der Waals surface area contributed by atoms with Crippen molar-refractivity contribution in [2.45, 2.75) is 58.2 Å². The van der Waals surface area contributed by atoms with Crippen LogP contribution >= 0.6 is 0 Å². The Labute approximate surface area is 176 Å². The zero-order valence-corrected chi connectivity index (χ0v) is 17.7. The molecule has 1 atom stereocenters. The van der Waals surface area contributed by atoms with E-state index in [1.54, 1.807) is 0 Å². The second-order valence-electron chi connectivity index (χ2n) is 8.44. The van der Waals surface area contributed by atoms with Crippen LogP contribution in [0.2, 0.25) is 0 Å². The highest BCUT2D eigenvalue weighted by molar-refractivity contribution is 5.80. The molecule has 4 nitrogen and oxygen atoms in total. The van der Waals surface area contributed by atoms with E-state index >= 15 is 0 Å². The minimum absolute atomic E-state index is 0.0309. The molecule has 1 heterocycles. The highest BCUT2D eigenvalue weighted by Crippen LogP contribution is 2.29. The van der Waals surface area contributed by atoms with E-state index in [9.17, 15) is 18.0 Å². The number of nitrogens with one attached hydrogen (secondary N) is 1. The molecule has 0 spiro atoms. The van der Waals surface area contributed by atoms with Crippen LogP contribution in [0.1, 0.15) is 50.7 Å². The minimum atomic E-state index is -4.13. The van der Waals surface area contributed by atoms with Gasteiger partial charge < -0.3 is 10.1 Å². The van der Waals surface area contributed by atoms with Gasteiger partial charge in [-0.15, -0.1) is 0 Å². The molecule has 1 unspecified atom stereocenters. The average molecular weight is 425 g/mol. The lowest BCUT2D eigenvalue weighted by atomic mass is 9.90. The topological polar surface area (TPSA) is 41.6 Å². The van der Waals surface area contributed by atoms with Crippen molar-refractivity contribution in [3.05, 3.63) is 34.9 Å². The summed E-state index contributed by atoms with van der Waals surface area (Å²) in [5.74, 6) is 0.879. The largest absolute Gasteiger partial charge is 0.494 e. The van der Waals surface area contributed by atoms with Gasteiger partial charge in [0, 0.05) is 32.1 Å². The van der Waals surface area contributed by atoms with Crippen LogP contribution in [-0.4, -0.2) is 49.3 Å². The number of nitrogens with zero attached hydrogens (tertiary/aromatic N) is 1. The summed E-state index contributed by atoms with van der Waals surface area (Å²) in [5, 5.41) is 3.05. The fourth-order valence-electron chi connectivity index (χ4n) is 3.82. The molecule has 1 saturated heterocycles. The molecule has 1 N–H and O–H groups in total. The van der Waals surface area contributed by atoms with Gasteiger partial charge in [-0.3, -0.25) is 9.69 Å². The molecule has 166 valence electrons. The number of likely N-dealkylation sites (tertiary alicyclic amines) is 1. The van der Waals surface area contributed by atoms with Crippen LogP contribution in [0.15, 0.2) is 23.8 Å². The van der Waals surface area contributed by atoms with Crippen LogP contribution in [0.3, 0.4) is 0 Å². The number of aryl methyl sites for hydroxylation is 1. The van der Waals surface area contributed by atoms with Crippen LogP contribution < -0.4 is 10.1 Å². The number of benzene rings is 1. The van der Waals surface area contributed by atoms with Gasteiger partial charge in [-0.05, 0) is 55.9 Å². The summed E-state index contributed by atoms with van der Waals surface area (Å²) in [5.41, 5.74) is 3.66. The van der Waals surface area contributed by atoms with Crippen LogP contribution in [-0.2, 0) is 11.2 Å². The lowest BCUT2D eigenvalue weighted by Gasteiger charge is -2.39. The van der Waals surface area contributed by atoms with Crippen molar-refractivity contribution < 1.29 is 22.7 Å². The van der Waals surface area contributed by atoms with E-state index in [0.717, 1.165) is 44.5 Å². The molecule has 7 heteroatoms. The molecule has 1 fully saturated rings. The number of hydrogen-bond donors (Lipinski definition) is 1. The van der Waals surface area contributed by atoms with Gasteiger partial charge in [0.15, 0.2) is 0 Å². The Morgan fingerprint density at radius 3 is 2.77 bits per heavy atom. The first-order valence-electron chi connectivity index (χ1n) is 10.8. The first kappa shape index (κ1) is 22.7. The van der Waals surface area contributed by atoms with Crippen molar-refractivity contribution in [2.24, 2.45) is 5.92 Å². The van der Waals surface area contributed by atoms with Crippen molar-refractivity contribution in [2.75, 3.05) is 26.2 Å². The number of carbonyl (C=O) groups is 1. The van der Waals surface area contributed by atoms with Crippen LogP contribution in [0.25, 0.3) is 6.08 Å². The first-order chi connectivity index (χ1) is 14.2. The van der Waals surface area contributed by atoms with Crippen LogP contribution in [0.4, 0.5) is 13.2 Å². The van der Waals surface area contributed by atoms with Crippen molar-refractivity contribution in [3.63, 3.8) is 0 Å². The van der Waals surface area contributed by atoms with E-state index in [4.69, 9.17) is 4.74 Å². The molecule has 0 bridgehead atoms. The molecular weight excluding hydrogens is 393 g/mol. The lowest BCUT2D eigenvalue weighted by Crippen LogP contribution is -2.55. The van der Waals surface area contributed by atoms with Gasteiger partial charge in [0.1, 0.15) is 5.75 Å². The van der Waals surface area contributed by atoms with Gasteiger partial charge in [0.05, 0.1) is 12.5 Å². The molecule has 3 rings (SSSR count). The molecule has 30 heavy (non-hydrogen) atoms. The van der Waals surface area contributed by atoms with E-state index in [-0.39, 0.29) is 30.9 Å². The quantitative estimate of drug-likeness (QED) is 0.590. The Balaban J connectivity index is 1.45. The second-order valence-corrected chi connectivity index (χ2v) is 8.44. The van der Waals surface area contributed by atoms with Crippen molar-refractivity contribution in [1.29, 1.82) is 0 Å². The third-order valence-electron chi connectivity index (χ3n) is 5.82. The number of fused-ring (bicyclic) bond motifs is 1. The minimum Gasteiger partial charge on any atom is -0.494 e. The predicted octanol–water partition coefficient (Wildman–Crippen LogP) is 4.58. The number of halogens is 3. The summed E-state index contributed by atoms with van der Waals surface area (Å²) in [4.78, 5) is 14.5.